The van der Waals surface area contributed by atoms with Gasteiger partial charge >= 0.3 is 0 Å². The highest BCUT2D eigenvalue weighted by molar-refractivity contribution is 6.01. The molecule has 0 spiro atoms. The van der Waals surface area contributed by atoms with Gasteiger partial charge in [-0.15, -0.1) is 0 Å². The van der Waals surface area contributed by atoms with E-state index in [2.05, 4.69) is 10.4 Å². The van der Waals surface area contributed by atoms with Gasteiger partial charge in [0.15, 0.2) is 0 Å². The average molecular weight is 301 g/mol. The largest absolute Gasteiger partial charge is 0.465 e. The Hall–Kier alpha value is -2.34. The highest BCUT2D eigenvalue weighted by atomic mass is 16.5. The Balaban J connectivity index is 1.51. The van der Waals surface area contributed by atoms with Gasteiger partial charge in [0.2, 0.25) is 5.91 Å². The molecule has 0 saturated carbocycles. The first-order chi connectivity index (χ1) is 10.8. The number of hydrogen-bond acceptors (Lipinski definition) is 4. The molecule has 1 aliphatic rings. The van der Waals surface area contributed by atoms with E-state index < -0.39 is 0 Å². The molecule has 6 nitrogen and oxygen atoms in total. The summed E-state index contributed by atoms with van der Waals surface area (Å²) in [7, 11) is 0. The number of amides is 1. The van der Waals surface area contributed by atoms with Crippen LogP contribution >= 0.6 is 0 Å². The maximum Gasteiger partial charge on any atom is 0.248 e. The van der Waals surface area contributed by atoms with Crippen molar-refractivity contribution < 1.29 is 13.9 Å². The highest BCUT2D eigenvalue weighted by Gasteiger charge is 2.14. The van der Waals surface area contributed by atoms with Crippen molar-refractivity contribution >= 4 is 17.7 Å². The third-order valence-corrected chi connectivity index (χ3v) is 3.51. The number of carbonyl (C=O) groups is 1. The lowest BCUT2D eigenvalue weighted by Crippen LogP contribution is -2.24. The number of hydrogen-bond donors (Lipinski definition) is 1. The van der Waals surface area contributed by atoms with Gasteiger partial charge < -0.3 is 14.5 Å². The lowest BCUT2D eigenvalue weighted by molar-refractivity contribution is -0.111. The molecule has 1 aliphatic heterocycles. The van der Waals surface area contributed by atoms with Gasteiger partial charge in [-0.05, 0) is 37.5 Å². The van der Waals surface area contributed by atoms with Gasteiger partial charge in [0.05, 0.1) is 30.8 Å². The predicted molar refractivity (Wildman–Crippen MR) is 82.2 cm³/mol. The summed E-state index contributed by atoms with van der Waals surface area (Å²) >= 11 is 0. The molecule has 3 heterocycles. The van der Waals surface area contributed by atoms with E-state index in [1.54, 1.807) is 30.7 Å². The van der Waals surface area contributed by atoms with Crippen LogP contribution in [-0.4, -0.2) is 28.4 Å². The lowest BCUT2D eigenvalue weighted by atomic mass is 10.1. The summed E-state index contributed by atoms with van der Waals surface area (Å²) < 4.78 is 12.6. The molecule has 1 atom stereocenters. The molecule has 3 rings (SSSR count). The van der Waals surface area contributed by atoms with E-state index in [0.29, 0.717) is 11.4 Å². The fraction of sp³-hybridized carbons (Fsp3) is 0.375. The molecule has 0 aromatic carbocycles. The Morgan fingerprint density at radius 3 is 3.23 bits per heavy atom. The standard InChI is InChI=1S/C16H19N3O3/c20-16(7-6-14-5-3-9-21-14)18-13-10-17-19(11-13)12-15-4-1-2-8-22-15/h3,5-7,9-11,15H,1-2,4,8,12H2,(H,18,20)/b7-6+/t15-/m1/s1. The molecule has 0 unspecified atom stereocenters. The molecule has 2 aromatic heterocycles. The molecule has 1 N–H and O–H groups in total. The molecule has 2 aromatic rings. The third-order valence-electron chi connectivity index (χ3n) is 3.51. The number of anilines is 1. The van der Waals surface area contributed by atoms with Crippen molar-refractivity contribution in [3.8, 4) is 0 Å². The van der Waals surface area contributed by atoms with Crippen molar-refractivity contribution in [2.45, 2.75) is 31.9 Å². The summed E-state index contributed by atoms with van der Waals surface area (Å²) in [6.45, 7) is 1.55. The second kappa shape index (κ2) is 7.09. The van der Waals surface area contributed by atoms with Crippen LogP contribution < -0.4 is 5.32 Å². The van der Waals surface area contributed by atoms with Gasteiger partial charge in [-0.3, -0.25) is 9.48 Å². The molecule has 1 fully saturated rings. The molecule has 1 saturated heterocycles. The zero-order valence-corrected chi connectivity index (χ0v) is 12.3. The zero-order chi connectivity index (χ0) is 15.2. The first-order valence-corrected chi connectivity index (χ1v) is 7.46. The summed E-state index contributed by atoms with van der Waals surface area (Å²) in [6, 6.07) is 3.56. The molecule has 116 valence electrons. The topological polar surface area (TPSA) is 69.3 Å². The van der Waals surface area contributed by atoms with Crippen LogP contribution in [0.4, 0.5) is 5.69 Å². The van der Waals surface area contributed by atoms with Gasteiger partial charge in [-0.25, -0.2) is 0 Å². The van der Waals surface area contributed by atoms with Crippen molar-refractivity contribution in [3.63, 3.8) is 0 Å². The van der Waals surface area contributed by atoms with Crippen molar-refractivity contribution in [1.29, 1.82) is 0 Å². The molecule has 1 amide bonds. The number of rotatable bonds is 5. The molecule has 22 heavy (non-hydrogen) atoms. The summed E-state index contributed by atoms with van der Waals surface area (Å²) in [5.74, 6) is 0.421. The number of carbonyl (C=O) groups excluding carboxylic acids is 1. The van der Waals surface area contributed by atoms with Crippen LogP contribution in [0.15, 0.2) is 41.3 Å². The van der Waals surface area contributed by atoms with E-state index in [-0.39, 0.29) is 12.0 Å². The minimum absolute atomic E-state index is 0.218. The SMILES string of the molecule is O=C(/C=C/c1ccco1)Nc1cnn(C[C@H]2CCCCO2)c1. The summed E-state index contributed by atoms with van der Waals surface area (Å²) in [5.41, 5.74) is 0.671. The second-order valence-electron chi connectivity index (χ2n) is 5.28. The van der Waals surface area contributed by atoms with Gasteiger partial charge in [0.1, 0.15) is 5.76 Å². The Morgan fingerprint density at radius 1 is 1.50 bits per heavy atom. The molecule has 0 bridgehead atoms. The van der Waals surface area contributed by atoms with Gasteiger partial charge in [-0.1, -0.05) is 0 Å². The average Bonchev–Trinajstić information content (AvgIpc) is 3.18. The lowest BCUT2D eigenvalue weighted by Gasteiger charge is -2.22. The van der Waals surface area contributed by atoms with E-state index in [9.17, 15) is 4.79 Å². The smallest absolute Gasteiger partial charge is 0.248 e. The van der Waals surface area contributed by atoms with Crippen LogP contribution in [0.2, 0.25) is 0 Å². The summed E-state index contributed by atoms with van der Waals surface area (Å²) in [4.78, 5) is 11.8. The van der Waals surface area contributed by atoms with E-state index in [1.165, 1.54) is 12.5 Å². The number of ether oxygens (including phenoxy) is 1. The molecule has 6 heteroatoms. The monoisotopic (exact) mass is 301 g/mol. The van der Waals surface area contributed by atoms with Crippen molar-refractivity contribution in [1.82, 2.24) is 9.78 Å². The van der Waals surface area contributed by atoms with Crippen LogP contribution in [0.25, 0.3) is 6.08 Å². The van der Waals surface area contributed by atoms with E-state index >= 15 is 0 Å². The second-order valence-corrected chi connectivity index (χ2v) is 5.28. The number of furan rings is 1. The minimum Gasteiger partial charge on any atom is -0.465 e. The van der Waals surface area contributed by atoms with Gasteiger partial charge in [-0.2, -0.15) is 5.10 Å². The fourth-order valence-corrected chi connectivity index (χ4v) is 2.42. The van der Waals surface area contributed by atoms with Crippen LogP contribution in [0.3, 0.4) is 0 Å². The Morgan fingerprint density at radius 2 is 2.45 bits per heavy atom. The van der Waals surface area contributed by atoms with E-state index in [0.717, 1.165) is 26.0 Å². The van der Waals surface area contributed by atoms with Crippen LogP contribution in [0.1, 0.15) is 25.0 Å². The van der Waals surface area contributed by atoms with E-state index in [1.807, 2.05) is 10.9 Å². The minimum atomic E-state index is -0.218. The molecular weight excluding hydrogens is 282 g/mol. The van der Waals surface area contributed by atoms with Crippen LogP contribution in [0, 0.1) is 0 Å². The Bertz CT molecular complexity index is 625. The maximum atomic E-state index is 11.8. The van der Waals surface area contributed by atoms with E-state index in [4.69, 9.17) is 9.15 Å². The van der Waals surface area contributed by atoms with Crippen LogP contribution in [0.5, 0.6) is 0 Å². The Labute approximate surface area is 128 Å². The third kappa shape index (κ3) is 4.08. The number of aromatic nitrogens is 2. The highest BCUT2D eigenvalue weighted by Crippen LogP contribution is 2.15. The maximum absolute atomic E-state index is 11.8. The normalized spacial score (nSPS) is 18.6. The molecular formula is C16H19N3O3. The van der Waals surface area contributed by atoms with Crippen molar-refractivity contribution in [2.75, 3.05) is 11.9 Å². The Kier molecular flexibility index (Phi) is 4.70. The summed E-state index contributed by atoms with van der Waals surface area (Å²) in [5, 5.41) is 7.02. The first-order valence-electron chi connectivity index (χ1n) is 7.46. The quantitative estimate of drug-likeness (QED) is 0.862. The molecule has 0 aliphatic carbocycles. The van der Waals surface area contributed by atoms with Crippen molar-refractivity contribution in [3.05, 3.63) is 42.6 Å². The molecule has 0 radical (unpaired) electrons. The number of nitrogens with one attached hydrogen (secondary N) is 1. The zero-order valence-electron chi connectivity index (χ0n) is 12.3. The first kappa shape index (κ1) is 14.6. The van der Waals surface area contributed by atoms with Crippen LogP contribution in [-0.2, 0) is 16.1 Å². The van der Waals surface area contributed by atoms with Gasteiger partial charge in [0.25, 0.3) is 0 Å². The van der Waals surface area contributed by atoms with Gasteiger partial charge in [0, 0.05) is 18.9 Å². The van der Waals surface area contributed by atoms with Crippen molar-refractivity contribution in [2.24, 2.45) is 0 Å². The summed E-state index contributed by atoms with van der Waals surface area (Å²) in [6.07, 6.45) is 11.7. The fourth-order valence-electron chi connectivity index (χ4n) is 2.42. The predicted octanol–water partition coefficient (Wildman–Crippen LogP) is 2.70. The number of nitrogens with zero attached hydrogens (tertiary/aromatic N) is 2.